The molecule has 0 bridgehead atoms. The van der Waals surface area contributed by atoms with Crippen molar-refractivity contribution < 1.29 is 5.11 Å². The number of likely N-dealkylation sites (N-methyl/N-ethyl adjacent to an activating group) is 1. The summed E-state index contributed by atoms with van der Waals surface area (Å²) in [5.41, 5.74) is 1.63. The molecular formula is C11H19NO. The number of hydrogen-bond acceptors (Lipinski definition) is 2. The van der Waals surface area contributed by atoms with Gasteiger partial charge in [0.1, 0.15) is 0 Å². The van der Waals surface area contributed by atoms with E-state index in [4.69, 9.17) is 5.11 Å². The molecule has 2 nitrogen and oxygen atoms in total. The standard InChI is InChI=1S/C11H19NO/c1-12(10-7-11(13)8-10)6-5-9-3-2-4-9/h5,10-11,13H,2-4,6-8H2,1H3. The summed E-state index contributed by atoms with van der Waals surface area (Å²) in [6, 6.07) is 0.631. The van der Waals surface area contributed by atoms with Gasteiger partial charge >= 0.3 is 0 Å². The average Bonchev–Trinajstić information content (AvgIpc) is 1.95. The molecule has 0 aliphatic heterocycles. The molecule has 2 heteroatoms. The summed E-state index contributed by atoms with van der Waals surface area (Å²) in [5.74, 6) is 0. The van der Waals surface area contributed by atoms with Crippen molar-refractivity contribution in [3.63, 3.8) is 0 Å². The molecule has 2 aliphatic carbocycles. The van der Waals surface area contributed by atoms with Crippen molar-refractivity contribution in [1.29, 1.82) is 0 Å². The van der Waals surface area contributed by atoms with E-state index in [0.717, 1.165) is 19.4 Å². The molecule has 0 heterocycles. The Kier molecular flexibility index (Phi) is 2.70. The van der Waals surface area contributed by atoms with E-state index in [1.54, 1.807) is 5.57 Å². The van der Waals surface area contributed by atoms with Crippen LogP contribution in [0, 0.1) is 0 Å². The summed E-state index contributed by atoms with van der Waals surface area (Å²) < 4.78 is 0. The first-order chi connectivity index (χ1) is 6.25. The molecule has 2 saturated carbocycles. The van der Waals surface area contributed by atoms with Crippen LogP contribution in [0.2, 0.25) is 0 Å². The lowest BCUT2D eigenvalue weighted by molar-refractivity contribution is 0.0165. The highest BCUT2D eigenvalue weighted by Gasteiger charge is 2.29. The fourth-order valence-corrected chi connectivity index (χ4v) is 1.93. The highest BCUT2D eigenvalue weighted by molar-refractivity contribution is 5.10. The monoisotopic (exact) mass is 181 g/mol. The van der Waals surface area contributed by atoms with Gasteiger partial charge in [0.25, 0.3) is 0 Å². The summed E-state index contributed by atoms with van der Waals surface area (Å²) in [7, 11) is 2.16. The Balaban J connectivity index is 1.69. The number of nitrogens with zero attached hydrogens (tertiary/aromatic N) is 1. The van der Waals surface area contributed by atoms with E-state index in [0.29, 0.717) is 6.04 Å². The van der Waals surface area contributed by atoms with Crippen molar-refractivity contribution in [2.45, 2.75) is 44.2 Å². The predicted molar refractivity (Wildman–Crippen MR) is 53.6 cm³/mol. The molecule has 0 spiro atoms. The zero-order valence-corrected chi connectivity index (χ0v) is 8.37. The van der Waals surface area contributed by atoms with Crippen LogP contribution in [0.3, 0.4) is 0 Å². The Morgan fingerprint density at radius 1 is 1.46 bits per heavy atom. The van der Waals surface area contributed by atoms with Crippen LogP contribution in [0.1, 0.15) is 32.1 Å². The van der Waals surface area contributed by atoms with Gasteiger partial charge in [-0.15, -0.1) is 0 Å². The van der Waals surface area contributed by atoms with Gasteiger partial charge in [-0.25, -0.2) is 0 Å². The van der Waals surface area contributed by atoms with Crippen LogP contribution in [0.4, 0.5) is 0 Å². The van der Waals surface area contributed by atoms with Crippen LogP contribution < -0.4 is 0 Å². The Morgan fingerprint density at radius 2 is 2.15 bits per heavy atom. The highest BCUT2D eigenvalue weighted by Crippen LogP contribution is 2.27. The second-order valence-electron chi connectivity index (χ2n) is 4.43. The lowest BCUT2D eigenvalue weighted by Gasteiger charge is -2.38. The first-order valence-corrected chi connectivity index (χ1v) is 5.32. The fraction of sp³-hybridized carbons (Fsp3) is 0.818. The molecule has 0 saturated heterocycles. The van der Waals surface area contributed by atoms with Crippen LogP contribution in [-0.4, -0.2) is 35.7 Å². The van der Waals surface area contributed by atoms with Crippen molar-refractivity contribution in [3.8, 4) is 0 Å². The lowest BCUT2D eigenvalue weighted by Crippen LogP contribution is -2.45. The smallest absolute Gasteiger partial charge is 0.0570 e. The molecule has 0 radical (unpaired) electrons. The summed E-state index contributed by atoms with van der Waals surface area (Å²) >= 11 is 0. The van der Waals surface area contributed by atoms with E-state index in [9.17, 15) is 0 Å². The Hall–Kier alpha value is -0.340. The van der Waals surface area contributed by atoms with Crippen LogP contribution in [0.25, 0.3) is 0 Å². The van der Waals surface area contributed by atoms with Gasteiger partial charge in [-0.3, -0.25) is 4.90 Å². The van der Waals surface area contributed by atoms with Crippen LogP contribution in [0.15, 0.2) is 11.6 Å². The first-order valence-electron chi connectivity index (χ1n) is 5.32. The second kappa shape index (κ2) is 3.81. The number of hydrogen-bond donors (Lipinski definition) is 1. The summed E-state index contributed by atoms with van der Waals surface area (Å²) in [4.78, 5) is 2.36. The topological polar surface area (TPSA) is 23.5 Å². The molecule has 2 aliphatic rings. The third-order valence-electron chi connectivity index (χ3n) is 3.38. The van der Waals surface area contributed by atoms with Crippen LogP contribution in [-0.2, 0) is 0 Å². The number of rotatable bonds is 3. The number of allylic oxidation sites excluding steroid dienone is 1. The predicted octanol–water partition coefficient (Wildman–Crippen LogP) is 1.55. The van der Waals surface area contributed by atoms with E-state index >= 15 is 0 Å². The van der Waals surface area contributed by atoms with Crippen molar-refractivity contribution in [1.82, 2.24) is 4.90 Å². The van der Waals surface area contributed by atoms with Gasteiger partial charge in [0.05, 0.1) is 6.10 Å². The van der Waals surface area contributed by atoms with Crippen molar-refractivity contribution >= 4 is 0 Å². The summed E-state index contributed by atoms with van der Waals surface area (Å²) in [6.45, 7) is 1.08. The molecule has 0 aromatic carbocycles. The SMILES string of the molecule is CN(CC=C1CCC1)C1CC(O)C1. The zero-order valence-electron chi connectivity index (χ0n) is 8.37. The molecule has 0 atom stereocenters. The van der Waals surface area contributed by atoms with Crippen LogP contribution in [0.5, 0.6) is 0 Å². The maximum atomic E-state index is 9.16. The van der Waals surface area contributed by atoms with Gasteiger partial charge in [0, 0.05) is 12.6 Å². The van der Waals surface area contributed by atoms with Gasteiger partial charge in [-0.2, -0.15) is 0 Å². The molecule has 0 aromatic heterocycles. The molecule has 1 N–H and O–H groups in total. The van der Waals surface area contributed by atoms with E-state index in [1.807, 2.05) is 0 Å². The molecule has 2 rings (SSSR count). The molecule has 0 aromatic rings. The van der Waals surface area contributed by atoms with Crippen molar-refractivity contribution in [2.24, 2.45) is 0 Å². The summed E-state index contributed by atoms with van der Waals surface area (Å²) in [6.07, 6.45) is 8.32. The van der Waals surface area contributed by atoms with Gasteiger partial charge < -0.3 is 5.11 Å². The van der Waals surface area contributed by atoms with Crippen molar-refractivity contribution in [3.05, 3.63) is 11.6 Å². The van der Waals surface area contributed by atoms with E-state index in [1.165, 1.54) is 19.3 Å². The maximum Gasteiger partial charge on any atom is 0.0570 e. The molecule has 0 unspecified atom stereocenters. The third kappa shape index (κ3) is 2.12. The van der Waals surface area contributed by atoms with Crippen molar-refractivity contribution in [2.75, 3.05) is 13.6 Å². The Bertz CT molecular complexity index is 200. The first kappa shape index (κ1) is 9.22. The Labute approximate surface area is 80.2 Å². The fourth-order valence-electron chi connectivity index (χ4n) is 1.93. The number of aliphatic hydroxyl groups is 1. The lowest BCUT2D eigenvalue weighted by atomic mass is 9.88. The quantitative estimate of drug-likeness (QED) is 0.668. The molecule has 0 amide bonds. The maximum absolute atomic E-state index is 9.16. The molecular weight excluding hydrogens is 162 g/mol. The van der Waals surface area contributed by atoms with Gasteiger partial charge in [-0.1, -0.05) is 11.6 Å². The third-order valence-corrected chi connectivity index (χ3v) is 3.38. The second-order valence-corrected chi connectivity index (χ2v) is 4.43. The highest BCUT2D eigenvalue weighted by atomic mass is 16.3. The normalized spacial score (nSPS) is 32.7. The zero-order chi connectivity index (χ0) is 9.26. The number of aliphatic hydroxyl groups excluding tert-OH is 1. The largest absolute Gasteiger partial charge is 0.393 e. The van der Waals surface area contributed by atoms with Gasteiger partial charge in [0.15, 0.2) is 0 Å². The van der Waals surface area contributed by atoms with E-state index in [-0.39, 0.29) is 6.10 Å². The van der Waals surface area contributed by atoms with Gasteiger partial charge in [0.2, 0.25) is 0 Å². The molecule has 13 heavy (non-hydrogen) atoms. The molecule has 74 valence electrons. The molecule has 2 fully saturated rings. The minimum atomic E-state index is -0.0243. The van der Waals surface area contributed by atoms with E-state index < -0.39 is 0 Å². The minimum absolute atomic E-state index is 0.0243. The van der Waals surface area contributed by atoms with E-state index in [2.05, 4.69) is 18.0 Å². The Morgan fingerprint density at radius 3 is 2.62 bits per heavy atom. The van der Waals surface area contributed by atoms with Gasteiger partial charge in [-0.05, 0) is 39.2 Å². The minimum Gasteiger partial charge on any atom is -0.393 e. The average molecular weight is 181 g/mol. The van der Waals surface area contributed by atoms with Crippen LogP contribution >= 0.6 is 0 Å². The summed E-state index contributed by atoms with van der Waals surface area (Å²) in [5, 5.41) is 9.16.